The lowest BCUT2D eigenvalue weighted by Crippen LogP contribution is -2.21. The molecule has 0 amide bonds. The number of aromatic nitrogens is 2. The summed E-state index contributed by atoms with van der Waals surface area (Å²) < 4.78 is 11.2. The van der Waals surface area contributed by atoms with Crippen LogP contribution in [-0.4, -0.2) is 28.6 Å². The highest BCUT2D eigenvalue weighted by Gasteiger charge is 2.10. The predicted octanol–water partition coefficient (Wildman–Crippen LogP) is 6.65. The smallest absolute Gasteiger partial charge is 0.306 e. The highest BCUT2D eigenvalue weighted by molar-refractivity contribution is 5.69. The zero-order chi connectivity index (χ0) is 23.5. The summed E-state index contributed by atoms with van der Waals surface area (Å²) in [6, 6.07) is 16.2. The van der Waals surface area contributed by atoms with Gasteiger partial charge < -0.3 is 9.47 Å². The lowest BCUT2D eigenvalue weighted by atomic mass is 10.1. The minimum atomic E-state index is -0.282. The molecule has 33 heavy (non-hydrogen) atoms. The van der Waals surface area contributed by atoms with Gasteiger partial charge >= 0.3 is 5.97 Å². The molecule has 0 aliphatic heterocycles. The van der Waals surface area contributed by atoms with Crippen molar-refractivity contribution in [3.05, 3.63) is 66.5 Å². The Kier molecular flexibility index (Phi) is 9.43. The minimum absolute atomic E-state index is 0.157. The molecular weight excluding hydrogens is 412 g/mol. The molecule has 0 saturated carbocycles. The van der Waals surface area contributed by atoms with Crippen LogP contribution in [0.15, 0.2) is 60.9 Å². The first-order valence-electron chi connectivity index (χ1n) is 11.9. The highest BCUT2D eigenvalue weighted by Crippen LogP contribution is 2.23. The molecule has 3 rings (SSSR count). The van der Waals surface area contributed by atoms with Crippen molar-refractivity contribution in [2.24, 2.45) is 0 Å². The second-order valence-electron chi connectivity index (χ2n) is 8.34. The first-order valence-corrected chi connectivity index (χ1v) is 11.9. The summed E-state index contributed by atoms with van der Waals surface area (Å²) in [5, 5.41) is 0. The molecule has 0 N–H and O–H groups in total. The number of esters is 1. The topological polar surface area (TPSA) is 61.3 Å². The summed E-state index contributed by atoms with van der Waals surface area (Å²) in [6.45, 7) is 6.47. The Morgan fingerprint density at radius 2 is 1.52 bits per heavy atom. The quantitative estimate of drug-likeness (QED) is 0.230. The summed E-state index contributed by atoms with van der Waals surface area (Å²) in [7, 11) is 0. The Hall–Kier alpha value is -3.21. The molecule has 0 aliphatic rings. The third-order valence-electron chi connectivity index (χ3n) is 5.39. The normalized spacial score (nSPS) is 11.7. The Labute approximate surface area is 197 Å². The van der Waals surface area contributed by atoms with E-state index < -0.39 is 0 Å². The number of carbonyl (C=O) groups excluding carboxylic acids is 1. The number of ether oxygens (including phenoxy) is 2. The molecule has 0 bridgehead atoms. The Balaban J connectivity index is 1.51. The number of hydrogen-bond donors (Lipinski definition) is 0. The molecule has 1 unspecified atom stereocenters. The summed E-state index contributed by atoms with van der Waals surface area (Å²) in [4.78, 5) is 20.9. The van der Waals surface area contributed by atoms with Crippen LogP contribution in [0.5, 0.6) is 5.75 Å². The van der Waals surface area contributed by atoms with Gasteiger partial charge in [0.25, 0.3) is 0 Å². The Morgan fingerprint density at radius 1 is 0.848 bits per heavy atom. The van der Waals surface area contributed by atoms with Crippen LogP contribution < -0.4 is 4.74 Å². The number of nitrogens with zero attached hydrogens (tertiary/aromatic N) is 2. The number of rotatable bonds is 12. The number of aryl methyl sites for hydroxylation is 1. The molecule has 0 spiro atoms. The fourth-order valence-electron chi connectivity index (χ4n) is 3.53. The van der Waals surface area contributed by atoms with Crippen molar-refractivity contribution < 1.29 is 14.3 Å². The van der Waals surface area contributed by atoms with Crippen molar-refractivity contribution in [1.82, 2.24) is 9.97 Å². The average Bonchev–Trinajstić information content (AvgIpc) is 2.84. The van der Waals surface area contributed by atoms with Crippen LogP contribution in [-0.2, 0) is 16.0 Å². The van der Waals surface area contributed by atoms with E-state index in [1.54, 1.807) is 0 Å². The van der Waals surface area contributed by atoms with E-state index >= 15 is 0 Å². The van der Waals surface area contributed by atoms with E-state index in [0.29, 0.717) is 13.0 Å². The zero-order valence-corrected chi connectivity index (χ0v) is 19.9. The Bertz CT molecular complexity index is 983. The highest BCUT2D eigenvalue weighted by atomic mass is 16.6. The third-order valence-corrected chi connectivity index (χ3v) is 5.39. The van der Waals surface area contributed by atoms with Gasteiger partial charge in [-0.15, -0.1) is 0 Å². The molecule has 0 fully saturated rings. The van der Waals surface area contributed by atoms with E-state index in [1.807, 2.05) is 43.6 Å². The fourth-order valence-corrected chi connectivity index (χ4v) is 3.53. The van der Waals surface area contributed by atoms with Crippen molar-refractivity contribution in [2.75, 3.05) is 6.61 Å². The van der Waals surface area contributed by atoms with Crippen LogP contribution in [0.25, 0.3) is 22.5 Å². The van der Waals surface area contributed by atoms with Crippen LogP contribution >= 0.6 is 0 Å². The monoisotopic (exact) mass is 446 g/mol. The van der Waals surface area contributed by atoms with Crippen LogP contribution in [0, 0.1) is 0 Å². The molecule has 3 aromatic rings. The number of unbranched alkanes of at least 4 members (excludes halogenated alkanes) is 2. The van der Waals surface area contributed by atoms with Gasteiger partial charge in [-0.3, -0.25) is 4.79 Å². The van der Waals surface area contributed by atoms with Gasteiger partial charge in [0, 0.05) is 29.9 Å². The summed E-state index contributed by atoms with van der Waals surface area (Å²) in [5.41, 5.74) is 4.31. The van der Waals surface area contributed by atoms with E-state index in [9.17, 15) is 4.79 Å². The second kappa shape index (κ2) is 12.7. The van der Waals surface area contributed by atoms with Gasteiger partial charge in [0.1, 0.15) is 18.5 Å². The van der Waals surface area contributed by atoms with Crippen LogP contribution in [0.2, 0.25) is 0 Å². The van der Waals surface area contributed by atoms with Crippen molar-refractivity contribution in [3.8, 4) is 28.3 Å². The lowest BCUT2D eigenvalue weighted by Gasteiger charge is -2.14. The number of carbonyl (C=O) groups is 1. The van der Waals surface area contributed by atoms with Crippen LogP contribution in [0.1, 0.15) is 58.4 Å². The zero-order valence-electron chi connectivity index (χ0n) is 19.9. The van der Waals surface area contributed by atoms with Gasteiger partial charge in [-0.05, 0) is 43.0 Å². The van der Waals surface area contributed by atoms with Crippen molar-refractivity contribution in [3.63, 3.8) is 0 Å². The van der Waals surface area contributed by atoms with E-state index in [0.717, 1.165) is 60.4 Å². The molecule has 174 valence electrons. The van der Waals surface area contributed by atoms with Crippen molar-refractivity contribution in [2.45, 2.75) is 65.4 Å². The van der Waals surface area contributed by atoms with Gasteiger partial charge in [-0.2, -0.15) is 0 Å². The van der Waals surface area contributed by atoms with Gasteiger partial charge in [-0.1, -0.05) is 69.5 Å². The third kappa shape index (κ3) is 7.70. The van der Waals surface area contributed by atoms with Gasteiger partial charge in [0.05, 0.1) is 0 Å². The molecule has 5 nitrogen and oxygen atoms in total. The Morgan fingerprint density at radius 3 is 2.15 bits per heavy atom. The SMILES string of the molecule is CCCCCC(=O)OC(C)COc1ccc(-c2cnc(-c3ccc(CCC)cc3)nc2)cc1. The maximum Gasteiger partial charge on any atom is 0.306 e. The molecule has 1 aromatic heterocycles. The van der Waals surface area contributed by atoms with Gasteiger partial charge in [0.2, 0.25) is 0 Å². The van der Waals surface area contributed by atoms with Crippen LogP contribution in [0.3, 0.4) is 0 Å². The molecular formula is C28H34N2O3. The molecule has 1 atom stereocenters. The van der Waals surface area contributed by atoms with Crippen molar-refractivity contribution >= 4 is 5.97 Å². The van der Waals surface area contributed by atoms with E-state index in [1.165, 1.54) is 5.56 Å². The first-order chi connectivity index (χ1) is 16.1. The molecule has 0 saturated heterocycles. The number of benzene rings is 2. The van der Waals surface area contributed by atoms with Gasteiger partial charge in [0.15, 0.2) is 5.82 Å². The predicted molar refractivity (Wildman–Crippen MR) is 132 cm³/mol. The molecule has 0 aliphatic carbocycles. The minimum Gasteiger partial charge on any atom is -0.490 e. The summed E-state index contributed by atoms with van der Waals surface area (Å²) in [5.74, 6) is 1.30. The van der Waals surface area contributed by atoms with E-state index in [2.05, 4.69) is 48.1 Å². The standard InChI is InChI=1S/C28H34N2O3/c1-4-6-7-9-27(31)33-21(3)20-32-26-16-14-23(15-17-26)25-18-29-28(30-19-25)24-12-10-22(8-5-2)11-13-24/h10-19,21H,4-9,20H2,1-3H3. The maximum absolute atomic E-state index is 11.8. The molecule has 2 aromatic carbocycles. The lowest BCUT2D eigenvalue weighted by molar-refractivity contribution is -0.149. The van der Waals surface area contributed by atoms with Crippen LogP contribution in [0.4, 0.5) is 0 Å². The number of hydrogen-bond acceptors (Lipinski definition) is 5. The van der Waals surface area contributed by atoms with Gasteiger partial charge in [-0.25, -0.2) is 9.97 Å². The summed E-state index contributed by atoms with van der Waals surface area (Å²) in [6.07, 6.45) is 9.12. The maximum atomic E-state index is 11.8. The largest absolute Gasteiger partial charge is 0.490 e. The first kappa shape index (κ1) is 24.4. The second-order valence-corrected chi connectivity index (χ2v) is 8.34. The van der Waals surface area contributed by atoms with E-state index in [-0.39, 0.29) is 12.1 Å². The molecule has 0 radical (unpaired) electrons. The fraction of sp³-hybridized carbons (Fsp3) is 0.393. The molecule has 5 heteroatoms. The average molecular weight is 447 g/mol. The summed E-state index contributed by atoms with van der Waals surface area (Å²) >= 11 is 0. The van der Waals surface area contributed by atoms with Crippen molar-refractivity contribution in [1.29, 1.82) is 0 Å². The van der Waals surface area contributed by atoms with E-state index in [4.69, 9.17) is 9.47 Å². The molecule has 1 heterocycles.